The van der Waals surface area contributed by atoms with E-state index in [-0.39, 0.29) is 0 Å². The molecule has 2 aliphatic heterocycles. The Bertz CT molecular complexity index is 155. The first-order valence-electron chi connectivity index (χ1n) is 5.83. The molecule has 0 aromatic heterocycles. The fourth-order valence-corrected chi connectivity index (χ4v) is 2.89. The van der Waals surface area contributed by atoms with Crippen molar-refractivity contribution < 1.29 is 0 Å². The lowest BCUT2D eigenvalue weighted by molar-refractivity contribution is 0.299. The quantitative estimate of drug-likeness (QED) is 0.693. The van der Waals surface area contributed by atoms with Crippen LogP contribution in [0.25, 0.3) is 0 Å². The predicted octanol–water partition coefficient (Wildman–Crippen LogP) is 1.66. The van der Waals surface area contributed by atoms with E-state index in [1.807, 2.05) is 0 Å². The normalized spacial score (nSPS) is 39.9. The number of nitrogens with one attached hydrogen (secondary N) is 2. The van der Waals surface area contributed by atoms with Crippen molar-refractivity contribution in [2.75, 3.05) is 13.1 Å². The first-order valence-corrected chi connectivity index (χ1v) is 5.83. The topological polar surface area (TPSA) is 24.1 Å². The molecular weight excluding hydrogens is 160 g/mol. The van der Waals surface area contributed by atoms with Gasteiger partial charge in [-0.25, -0.2) is 0 Å². The Morgan fingerprint density at radius 3 is 2.77 bits per heavy atom. The van der Waals surface area contributed by atoms with Crippen molar-refractivity contribution >= 4 is 0 Å². The summed E-state index contributed by atoms with van der Waals surface area (Å²) in [6.45, 7) is 4.80. The summed E-state index contributed by atoms with van der Waals surface area (Å²) in [5.74, 6) is 0. The number of hydrogen-bond acceptors (Lipinski definition) is 2. The Morgan fingerprint density at radius 1 is 1.31 bits per heavy atom. The van der Waals surface area contributed by atoms with Gasteiger partial charge in [-0.15, -0.1) is 0 Å². The summed E-state index contributed by atoms with van der Waals surface area (Å²) in [5.41, 5.74) is 0.488. The van der Waals surface area contributed by atoms with Gasteiger partial charge in [0.25, 0.3) is 0 Å². The van der Waals surface area contributed by atoms with Crippen molar-refractivity contribution in [2.45, 2.75) is 57.0 Å². The fraction of sp³-hybridized carbons (Fsp3) is 1.00. The Balaban J connectivity index is 1.88. The van der Waals surface area contributed by atoms with Crippen molar-refractivity contribution in [3.8, 4) is 0 Å². The summed E-state index contributed by atoms with van der Waals surface area (Å²) in [7, 11) is 0. The van der Waals surface area contributed by atoms with Crippen LogP contribution in [0.1, 0.15) is 45.4 Å². The highest BCUT2D eigenvalue weighted by Crippen LogP contribution is 2.29. The fourth-order valence-electron chi connectivity index (χ4n) is 2.89. The molecule has 13 heavy (non-hydrogen) atoms. The smallest absolute Gasteiger partial charge is 0.0194 e. The molecule has 2 nitrogen and oxygen atoms in total. The van der Waals surface area contributed by atoms with Gasteiger partial charge in [-0.2, -0.15) is 0 Å². The molecule has 0 aliphatic carbocycles. The van der Waals surface area contributed by atoms with Gasteiger partial charge in [0.2, 0.25) is 0 Å². The van der Waals surface area contributed by atoms with Crippen molar-refractivity contribution in [1.82, 2.24) is 10.6 Å². The zero-order chi connectivity index (χ0) is 9.15. The Hall–Kier alpha value is -0.0800. The van der Waals surface area contributed by atoms with Crippen LogP contribution < -0.4 is 10.6 Å². The molecule has 0 aromatic carbocycles. The van der Waals surface area contributed by atoms with Crippen LogP contribution in [0, 0.1) is 0 Å². The molecule has 2 atom stereocenters. The predicted molar refractivity (Wildman–Crippen MR) is 55.9 cm³/mol. The van der Waals surface area contributed by atoms with Gasteiger partial charge in [0, 0.05) is 11.6 Å². The molecule has 0 amide bonds. The molecule has 0 spiro atoms. The Kier molecular flexibility index (Phi) is 2.89. The van der Waals surface area contributed by atoms with E-state index < -0.39 is 0 Å². The summed E-state index contributed by atoms with van der Waals surface area (Å²) >= 11 is 0. The lowest BCUT2D eigenvalue weighted by atomic mass is 9.86. The minimum absolute atomic E-state index is 0.488. The maximum absolute atomic E-state index is 3.71. The van der Waals surface area contributed by atoms with Crippen molar-refractivity contribution in [2.24, 2.45) is 0 Å². The van der Waals surface area contributed by atoms with E-state index in [0.29, 0.717) is 5.54 Å². The minimum atomic E-state index is 0.488. The van der Waals surface area contributed by atoms with E-state index in [2.05, 4.69) is 17.6 Å². The highest BCUT2D eigenvalue weighted by Gasteiger charge is 2.34. The maximum Gasteiger partial charge on any atom is 0.0194 e. The van der Waals surface area contributed by atoms with Crippen LogP contribution in [0.2, 0.25) is 0 Å². The van der Waals surface area contributed by atoms with Crippen LogP contribution in [0.3, 0.4) is 0 Å². The van der Waals surface area contributed by atoms with E-state index in [1.165, 1.54) is 51.6 Å². The summed E-state index contributed by atoms with van der Waals surface area (Å²) in [6, 6.07) is 0.797. The lowest BCUT2D eigenvalue weighted by Crippen LogP contribution is -2.44. The van der Waals surface area contributed by atoms with Crippen molar-refractivity contribution in [3.05, 3.63) is 0 Å². The largest absolute Gasteiger partial charge is 0.314 e. The van der Waals surface area contributed by atoms with Gasteiger partial charge in [0.05, 0.1) is 0 Å². The van der Waals surface area contributed by atoms with Crippen LogP contribution >= 0.6 is 0 Å². The van der Waals surface area contributed by atoms with E-state index in [9.17, 15) is 0 Å². The van der Waals surface area contributed by atoms with E-state index in [4.69, 9.17) is 0 Å². The second-order valence-electron chi connectivity index (χ2n) is 4.66. The molecule has 0 saturated carbocycles. The molecule has 2 rings (SSSR count). The third-order valence-electron chi connectivity index (χ3n) is 3.81. The van der Waals surface area contributed by atoms with Crippen LogP contribution in [0.5, 0.6) is 0 Å². The minimum Gasteiger partial charge on any atom is -0.314 e. The summed E-state index contributed by atoms with van der Waals surface area (Å²) in [6.07, 6.45) is 8.19. The Labute approximate surface area is 81.5 Å². The highest BCUT2D eigenvalue weighted by atomic mass is 15.0. The van der Waals surface area contributed by atoms with Gasteiger partial charge in [-0.1, -0.05) is 6.92 Å². The number of hydrogen-bond donors (Lipinski definition) is 2. The zero-order valence-corrected chi connectivity index (χ0v) is 8.73. The van der Waals surface area contributed by atoms with Gasteiger partial charge in [0.1, 0.15) is 0 Å². The zero-order valence-electron chi connectivity index (χ0n) is 8.73. The van der Waals surface area contributed by atoms with Gasteiger partial charge in [-0.05, 0) is 51.6 Å². The molecule has 0 bridgehead atoms. The monoisotopic (exact) mass is 182 g/mol. The van der Waals surface area contributed by atoms with Crippen molar-refractivity contribution in [1.29, 1.82) is 0 Å². The molecule has 2 unspecified atom stereocenters. The lowest BCUT2D eigenvalue weighted by Gasteiger charge is -2.31. The van der Waals surface area contributed by atoms with E-state index in [1.54, 1.807) is 0 Å². The third kappa shape index (κ3) is 2.05. The van der Waals surface area contributed by atoms with Crippen LogP contribution in [-0.2, 0) is 0 Å². The molecule has 0 aromatic rings. The molecule has 2 heterocycles. The van der Waals surface area contributed by atoms with E-state index >= 15 is 0 Å². The summed E-state index contributed by atoms with van der Waals surface area (Å²) < 4.78 is 0. The van der Waals surface area contributed by atoms with Crippen LogP contribution in [0.4, 0.5) is 0 Å². The molecule has 76 valence electrons. The van der Waals surface area contributed by atoms with Gasteiger partial charge < -0.3 is 10.6 Å². The highest BCUT2D eigenvalue weighted by molar-refractivity contribution is 4.96. The SMILES string of the molecule is CCC1(CC2CCCN2)CCCN1. The molecule has 0 radical (unpaired) electrons. The average molecular weight is 182 g/mol. The standard InChI is InChI=1S/C11H22N2/c1-2-11(6-4-8-13-11)9-10-5-3-7-12-10/h10,12-13H,2-9H2,1H3. The summed E-state index contributed by atoms with van der Waals surface area (Å²) in [4.78, 5) is 0. The van der Waals surface area contributed by atoms with E-state index in [0.717, 1.165) is 6.04 Å². The van der Waals surface area contributed by atoms with Crippen LogP contribution in [0.15, 0.2) is 0 Å². The maximum atomic E-state index is 3.71. The van der Waals surface area contributed by atoms with Gasteiger partial charge in [-0.3, -0.25) is 0 Å². The molecule has 2 fully saturated rings. The van der Waals surface area contributed by atoms with Gasteiger partial charge >= 0.3 is 0 Å². The molecule has 2 aliphatic rings. The summed E-state index contributed by atoms with van der Waals surface area (Å²) in [5, 5.41) is 7.31. The van der Waals surface area contributed by atoms with Crippen molar-refractivity contribution in [3.63, 3.8) is 0 Å². The Morgan fingerprint density at radius 2 is 2.23 bits per heavy atom. The second kappa shape index (κ2) is 3.97. The molecule has 2 saturated heterocycles. The van der Waals surface area contributed by atoms with Gasteiger partial charge in [0.15, 0.2) is 0 Å². The number of rotatable bonds is 3. The van der Waals surface area contributed by atoms with Crippen LogP contribution in [-0.4, -0.2) is 24.7 Å². The first-order chi connectivity index (χ1) is 6.35. The first kappa shape index (κ1) is 9.47. The third-order valence-corrected chi connectivity index (χ3v) is 3.81. The molecule has 2 heteroatoms. The molecule has 2 N–H and O–H groups in total. The average Bonchev–Trinajstić information content (AvgIpc) is 2.77. The second-order valence-corrected chi connectivity index (χ2v) is 4.66. The molecular formula is C11H22N2.